The summed E-state index contributed by atoms with van der Waals surface area (Å²) in [6, 6.07) is 2.01. The molecule has 0 bridgehead atoms. The fourth-order valence-corrected chi connectivity index (χ4v) is 3.00. The van der Waals surface area contributed by atoms with Gasteiger partial charge in [-0.1, -0.05) is 0 Å². The molecule has 2 aliphatic heterocycles. The Morgan fingerprint density at radius 1 is 1.42 bits per heavy atom. The zero-order valence-corrected chi connectivity index (χ0v) is 11.4. The van der Waals surface area contributed by atoms with Gasteiger partial charge in [-0.05, 0) is 25.0 Å². The zero-order chi connectivity index (χ0) is 13.3. The Morgan fingerprint density at radius 2 is 2.21 bits per heavy atom. The van der Waals surface area contributed by atoms with E-state index in [1.165, 1.54) is 5.56 Å². The van der Waals surface area contributed by atoms with Crippen LogP contribution in [0.15, 0.2) is 12.3 Å². The standard InChI is InChI=1S/C14H21N3O2/c1-11-3-5-16-13(12(11)9-15)17-6-2-4-14(10-17)18-7-8-19-14/h3,5H,2,4,6-10,15H2,1H3. The number of piperidine rings is 1. The molecule has 0 amide bonds. The van der Waals surface area contributed by atoms with Gasteiger partial charge in [-0.2, -0.15) is 0 Å². The molecule has 3 heterocycles. The molecule has 0 unspecified atom stereocenters. The van der Waals surface area contributed by atoms with Crippen LogP contribution in [0.1, 0.15) is 24.0 Å². The molecule has 19 heavy (non-hydrogen) atoms. The summed E-state index contributed by atoms with van der Waals surface area (Å²) in [7, 11) is 0. The number of pyridine rings is 1. The molecule has 0 aliphatic carbocycles. The van der Waals surface area contributed by atoms with Crippen LogP contribution in [0, 0.1) is 6.92 Å². The lowest BCUT2D eigenvalue weighted by molar-refractivity contribution is -0.161. The van der Waals surface area contributed by atoms with Crippen molar-refractivity contribution in [1.82, 2.24) is 4.98 Å². The molecule has 0 aromatic carbocycles. The first-order valence-corrected chi connectivity index (χ1v) is 6.91. The lowest BCUT2D eigenvalue weighted by Gasteiger charge is -2.39. The van der Waals surface area contributed by atoms with E-state index in [4.69, 9.17) is 15.2 Å². The lowest BCUT2D eigenvalue weighted by atomic mass is 10.0. The summed E-state index contributed by atoms with van der Waals surface area (Å²) in [5.41, 5.74) is 8.19. The van der Waals surface area contributed by atoms with E-state index in [-0.39, 0.29) is 0 Å². The third kappa shape index (κ3) is 2.33. The minimum absolute atomic E-state index is 0.421. The molecular weight excluding hydrogens is 242 g/mol. The number of aryl methyl sites for hydroxylation is 1. The summed E-state index contributed by atoms with van der Waals surface area (Å²) >= 11 is 0. The maximum absolute atomic E-state index is 5.87. The monoisotopic (exact) mass is 263 g/mol. The van der Waals surface area contributed by atoms with Gasteiger partial charge in [-0.3, -0.25) is 0 Å². The molecule has 2 fully saturated rings. The smallest absolute Gasteiger partial charge is 0.186 e. The van der Waals surface area contributed by atoms with Crippen molar-refractivity contribution in [3.05, 3.63) is 23.4 Å². The van der Waals surface area contributed by atoms with E-state index in [1.54, 1.807) is 0 Å². The third-order valence-electron chi connectivity index (χ3n) is 4.00. The maximum atomic E-state index is 5.87. The average molecular weight is 263 g/mol. The second-order valence-electron chi connectivity index (χ2n) is 5.27. The fourth-order valence-electron chi connectivity index (χ4n) is 3.00. The summed E-state index contributed by atoms with van der Waals surface area (Å²) in [5.74, 6) is 0.566. The summed E-state index contributed by atoms with van der Waals surface area (Å²) in [4.78, 5) is 6.78. The van der Waals surface area contributed by atoms with Gasteiger partial charge in [-0.15, -0.1) is 0 Å². The Morgan fingerprint density at radius 3 is 2.95 bits per heavy atom. The Bertz CT molecular complexity index is 458. The second-order valence-corrected chi connectivity index (χ2v) is 5.27. The molecule has 1 aromatic heterocycles. The highest BCUT2D eigenvalue weighted by atomic mass is 16.7. The largest absolute Gasteiger partial charge is 0.351 e. The lowest BCUT2D eigenvalue weighted by Crippen LogP contribution is -2.49. The Balaban J connectivity index is 1.87. The molecule has 5 nitrogen and oxygen atoms in total. The zero-order valence-electron chi connectivity index (χ0n) is 11.4. The second kappa shape index (κ2) is 5.07. The highest BCUT2D eigenvalue weighted by Gasteiger charge is 2.41. The van der Waals surface area contributed by atoms with Crippen LogP contribution in [0.2, 0.25) is 0 Å². The number of ether oxygens (including phenoxy) is 2. The van der Waals surface area contributed by atoms with Gasteiger partial charge in [0.15, 0.2) is 5.79 Å². The van der Waals surface area contributed by atoms with Crippen molar-refractivity contribution in [1.29, 1.82) is 0 Å². The van der Waals surface area contributed by atoms with Crippen LogP contribution in [0.3, 0.4) is 0 Å². The van der Waals surface area contributed by atoms with Gasteiger partial charge in [-0.25, -0.2) is 4.98 Å². The molecule has 1 aromatic rings. The molecule has 0 atom stereocenters. The van der Waals surface area contributed by atoms with Gasteiger partial charge < -0.3 is 20.1 Å². The maximum Gasteiger partial charge on any atom is 0.186 e. The van der Waals surface area contributed by atoms with Crippen LogP contribution in [-0.4, -0.2) is 37.1 Å². The molecule has 3 rings (SSSR count). The number of nitrogens with zero attached hydrogens (tertiary/aromatic N) is 2. The normalized spacial score (nSPS) is 22.1. The van der Waals surface area contributed by atoms with Crippen molar-refractivity contribution >= 4 is 5.82 Å². The van der Waals surface area contributed by atoms with Gasteiger partial charge >= 0.3 is 0 Å². The number of aromatic nitrogens is 1. The number of hydrogen-bond donors (Lipinski definition) is 1. The van der Waals surface area contributed by atoms with Gasteiger partial charge in [0, 0.05) is 31.3 Å². The predicted octanol–water partition coefficient (Wildman–Crippen LogP) is 1.19. The van der Waals surface area contributed by atoms with E-state index >= 15 is 0 Å². The Hall–Kier alpha value is -1.17. The van der Waals surface area contributed by atoms with Gasteiger partial charge in [0.25, 0.3) is 0 Å². The number of anilines is 1. The SMILES string of the molecule is Cc1ccnc(N2CCCC3(C2)OCCO3)c1CN. The van der Waals surface area contributed by atoms with Gasteiger partial charge in [0.1, 0.15) is 5.82 Å². The minimum atomic E-state index is -0.421. The molecule has 5 heteroatoms. The summed E-state index contributed by atoms with van der Waals surface area (Å²) < 4.78 is 11.6. The van der Waals surface area contributed by atoms with Crippen molar-refractivity contribution < 1.29 is 9.47 Å². The fraction of sp³-hybridized carbons (Fsp3) is 0.643. The van der Waals surface area contributed by atoms with E-state index in [1.807, 2.05) is 12.3 Å². The molecule has 1 spiro atoms. The highest BCUT2D eigenvalue weighted by Crippen LogP contribution is 2.33. The molecule has 2 N–H and O–H groups in total. The average Bonchev–Trinajstić information content (AvgIpc) is 2.86. The first kappa shape index (κ1) is 12.8. The first-order valence-electron chi connectivity index (χ1n) is 6.91. The van der Waals surface area contributed by atoms with Gasteiger partial charge in [0.05, 0.1) is 19.8 Å². The van der Waals surface area contributed by atoms with E-state index in [9.17, 15) is 0 Å². The van der Waals surface area contributed by atoms with Gasteiger partial charge in [0.2, 0.25) is 0 Å². The van der Waals surface area contributed by atoms with E-state index in [2.05, 4.69) is 16.8 Å². The first-order chi connectivity index (χ1) is 9.24. The van der Waals surface area contributed by atoms with Crippen LogP contribution < -0.4 is 10.6 Å². The third-order valence-corrected chi connectivity index (χ3v) is 4.00. The van der Waals surface area contributed by atoms with E-state index < -0.39 is 5.79 Å². The molecular formula is C14H21N3O2. The van der Waals surface area contributed by atoms with E-state index in [0.717, 1.165) is 37.3 Å². The number of hydrogen-bond acceptors (Lipinski definition) is 5. The molecule has 2 saturated heterocycles. The highest BCUT2D eigenvalue weighted by molar-refractivity contribution is 5.51. The summed E-state index contributed by atoms with van der Waals surface area (Å²) in [6.07, 6.45) is 3.87. The van der Waals surface area contributed by atoms with Crippen molar-refractivity contribution in [3.63, 3.8) is 0 Å². The number of rotatable bonds is 2. The Labute approximate surface area is 113 Å². The summed E-state index contributed by atoms with van der Waals surface area (Å²) in [6.45, 7) is 5.71. The molecule has 0 saturated carbocycles. The van der Waals surface area contributed by atoms with Crippen LogP contribution in [0.25, 0.3) is 0 Å². The predicted molar refractivity (Wildman–Crippen MR) is 72.9 cm³/mol. The van der Waals surface area contributed by atoms with Crippen LogP contribution in [-0.2, 0) is 16.0 Å². The van der Waals surface area contributed by atoms with Crippen molar-refractivity contribution in [2.24, 2.45) is 5.73 Å². The summed E-state index contributed by atoms with van der Waals surface area (Å²) in [5, 5.41) is 0. The van der Waals surface area contributed by atoms with Crippen LogP contribution >= 0.6 is 0 Å². The number of nitrogens with two attached hydrogens (primary N) is 1. The van der Waals surface area contributed by atoms with Crippen molar-refractivity contribution in [2.75, 3.05) is 31.2 Å². The molecule has 2 aliphatic rings. The van der Waals surface area contributed by atoms with E-state index in [0.29, 0.717) is 19.8 Å². The molecule has 104 valence electrons. The van der Waals surface area contributed by atoms with Crippen molar-refractivity contribution in [2.45, 2.75) is 32.1 Å². The van der Waals surface area contributed by atoms with Crippen LogP contribution in [0.5, 0.6) is 0 Å². The minimum Gasteiger partial charge on any atom is -0.351 e. The van der Waals surface area contributed by atoms with Crippen molar-refractivity contribution in [3.8, 4) is 0 Å². The van der Waals surface area contributed by atoms with Crippen LogP contribution in [0.4, 0.5) is 5.82 Å². The quantitative estimate of drug-likeness (QED) is 0.868. The molecule has 0 radical (unpaired) electrons. The topological polar surface area (TPSA) is 60.6 Å². The Kier molecular flexibility index (Phi) is 3.43.